The maximum Gasteiger partial charge on any atom is -0.0181 e. The van der Waals surface area contributed by atoms with Crippen molar-refractivity contribution in [2.75, 3.05) is 0 Å². The molecule has 0 aromatic heterocycles. The van der Waals surface area contributed by atoms with Gasteiger partial charge in [-0.3, -0.25) is 0 Å². The quantitative estimate of drug-likeness (QED) is 0.472. The van der Waals surface area contributed by atoms with Crippen LogP contribution in [0.4, 0.5) is 0 Å². The van der Waals surface area contributed by atoms with Crippen molar-refractivity contribution in [2.45, 2.75) is 6.92 Å². The van der Waals surface area contributed by atoms with Crippen LogP contribution < -0.4 is 0 Å². The monoisotopic (exact) mass is 104 g/mol. The molecule has 0 fully saturated rings. The average molecular weight is 104 g/mol. The maximum absolute atomic E-state index is 3.80. The minimum absolute atomic E-state index is 1.09. The van der Waals surface area contributed by atoms with E-state index in [4.69, 9.17) is 0 Å². The van der Waals surface area contributed by atoms with E-state index in [1.54, 1.807) is 0 Å². The third-order valence-corrected chi connectivity index (χ3v) is 1.19. The van der Waals surface area contributed by atoms with E-state index in [1.165, 1.54) is 5.56 Å². The molecule has 0 atom stereocenters. The van der Waals surface area contributed by atoms with Crippen LogP contribution in [-0.4, -0.2) is 0 Å². The summed E-state index contributed by atoms with van der Waals surface area (Å²) in [5, 5.41) is 0. The van der Waals surface area contributed by atoms with Crippen LogP contribution in [-0.2, 0) is 0 Å². The minimum Gasteiger partial charge on any atom is -0.0582 e. The highest BCUT2D eigenvalue weighted by atomic mass is 13.9. The number of hydrogen-bond acceptors (Lipinski definition) is 0. The van der Waals surface area contributed by atoms with Gasteiger partial charge in [-0.1, -0.05) is 18.2 Å². The van der Waals surface area contributed by atoms with Crippen LogP contribution in [0.2, 0.25) is 0 Å². The molecule has 1 rings (SSSR count). The van der Waals surface area contributed by atoms with Crippen molar-refractivity contribution < 1.29 is 0 Å². The molecule has 0 N–H and O–H groups in total. The van der Waals surface area contributed by atoms with Gasteiger partial charge < -0.3 is 0 Å². The van der Waals surface area contributed by atoms with Gasteiger partial charge in [-0.2, -0.15) is 0 Å². The smallest absolute Gasteiger partial charge is 0.0181 e. The lowest BCUT2D eigenvalue weighted by Gasteiger charge is -1.92. The van der Waals surface area contributed by atoms with Gasteiger partial charge in [-0.15, -0.1) is 0 Å². The molecule has 0 nitrogen and oxygen atoms in total. The van der Waals surface area contributed by atoms with E-state index < -0.39 is 0 Å². The molecule has 0 unspecified atom stereocenters. The Morgan fingerprint density at radius 2 is 2.38 bits per heavy atom. The highest BCUT2D eigenvalue weighted by Gasteiger charge is 1.84. The second kappa shape index (κ2) is 1.99. The average Bonchev–Trinajstić information content (AvgIpc) is 1.77. The molecule has 0 aliphatic heterocycles. The Kier molecular flexibility index (Phi) is 1.34. The lowest BCUT2D eigenvalue weighted by Crippen LogP contribution is -1.75. The van der Waals surface area contributed by atoms with Crippen molar-refractivity contribution in [1.29, 1.82) is 0 Å². The predicted octanol–water partition coefficient (Wildman–Crippen LogP) is 1.98. The van der Waals surface area contributed by atoms with Gasteiger partial charge in [-0.25, -0.2) is 0 Å². The summed E-state index contributed by atoms with van der Waals surface area (Å²) in [6.45, 7) is 5.83. The van der Waals surface area contributed by atoms with Gasteiger partial charge in [0, 0.05) is 0 Å². The zero-order valence-electron chi connectivity index (χ0n) is 4.94. The molecule has 40 valence electrons. The third kappa shape index (κ3) is 0.890. The summed E-state index contributed by atoms with van der Waals surface area (Å²) in [4.78, 5) is 0. The number of rotatable bonds is 0. The normalized spacial score (nSPS) is 9.25. The van der Waals surface area contributed by atoms with Crippen LogP contribution in [0, 0.1) is 19.9 Å². The van der Waals surface area contributed by atoms with E-state index >= 15 is 0 Å². The SMILES string of the molecule is [CH2]c1cc[c]cc1C. The second-order valence-corrected chi connectivity index (χ2v) is 1.85. The van der Waals surface area contributed by atoms with Gasteiger partial charge in [0.15, 0.2) is 0 Å². The van der Waals surface area contributed by atoms with Crippen molar-refractivity contribution in [1.82, 2.24) is 0 Å². The first kappa shape index (κ1) is 5.36. The van der Waals surface area contributed by atoms with Crippen LogP contribution >= 0.6 is 0 Å². The van der Waals surface area contributed by atoms with Crippen LogP contribution in [0.15, 0.2) is 18.2 Å². The van der Waals surface area contributed by atoms with Crippen molar-refractivity contribution in [2.24, 2.45) is 0 Å². The van der Waals surface area contributed by atoms with Crippen LogP contribution in [0.25, 0.3) is 0 Å². The molecule has 2 radical (unpaired) electrons. The highest BCUT2D eigenvalue weighted by molar-refractivity contribution is 5.26. The second-order valence-electron chi connectivity index (χ2n) is 1.85. The summed E-state index contributed by atoms with van der Waals surface area (Å²) in [6.07, 6.45) is 0. The number of aryl methyl sites for hydroxylation is 1. The molecule has 0 heteroatoms. The largest absolute Gasteiger partial charge is 0.0582 e. The van der Waals surface area contributed by atoms with Crippen molar-refractivity contribution in [3.63, 3.8) is 0 Å². The van der Waals surface area contributed by atoms with Gasteiger partial charge in [0.25, 0.3) is 0 Å². The molecule has 8 heavy (non-hydrogen) atoms. The highest BCUT2D eigenvalue weighted by Crippen LogP contribution is 2.02. The molecule has 0 spiro atoms. The van der Waals surface area contributed by atoms with Gasteiger partial charge in [-0.05, 0) is 31.0 Å². The lowest BCUT2D eigenvalue weighted by molar-refractivity contribution is 1.41. The molecule has 0 saturated heterocycles. The summed E-state index contributed by atoms with van der Waals surface area (Å²) in [7, 11) is 0. The molecule has 0 saturated carbocycles. The summed E-state index contributed by atoms with van der Waals surface area (Å²) in [5.74, 6) is 0. The van der Waals surface area contributed by atoms with Gasteiger partial charge in [0.05, 0.1) is 0 Å². The van der Waals surface area contributed by atoms with Crippen molar-refractivity contribution in [3.8, 4) is 0 Å². The molecular weight excluding hydrogens is 96.1 g/mol. The summed E-state index contributed by atoms with van der Waals surface area (Å²) in [6, 6.07) is 8.72. The van der Waals surface area contributed by atoms with E-state index in [9.17, 15) is 0 Å². The summed E-state index contributed by atoms with van der Waals surface area (Å²) < 4.78 is 0. The number of hydrogen-bond donors (Lipinski definition) is 0. The van der Waals surface area contributed by atoms with E-state index in [2.05, 4.69) is 13.0 Å². The van der Waals surface area contributed by atoms with Crippen LogP contribution in [0.3, 0.4) is 0 Å². The van der Waals surface area contributed by atoms with Crippen LogP contribution in [0.1, 0.15) is 11.1 Å². The Morgan fingerprint density at radius 1 is 1.62 bits per heavy atom. The molecular formula is C8H8. The summed E-state index contributed by atoms with van der Waals surface area (Å²) in [5.41, 5.74) is 2.29. The maximum atomic E-state index is 3.80. The Bertz CT molecular complexity index is 156. The molecule has 1 aromatic carbocycles. The fraction of sp³-hybridized carbons (Fsp3) is 0.125. The zero-order valence-corrected chi connectivity index (χ0v) is 4.94. The molecule has 0 aliphatic carbocycles. The Hall–Kier alpha value is -0.780. The fourth-order valence-corrected chi connectivity index (χ4v) is 0.546. The predicted molar refractivity (Wildman–Crippen MR) is 34.5 cm³/mol. The van der Waals surface area contributed by atoms with E-state index in [0.717, 1.165) is 5.56 Å². The van der Waals surface area contributed by atoms with Crippen molar-refractivity contribution >= 4 is 0 Å². The van der Waals surface area contributed by atoms with E-state index in [-0.39, 0.29) is 0 Å². The molecule has 0 bridgehead atoms. The van der Waals surface area contributed by atoms with Crippen molar-refractivity contribution in [3.05, 3.63) is 42.3 Å². The molecule has 1 aromatic rings. The Labute approximate surface area is 50.2 Å². The van der Waals surface area contributed by atoms with Gasteiger partial charge in [0.2, 0.25) is 0 Å². The molecule has 0 aliphatic rings. The Morgan fingerprint density at radius 3 is 2.75 bits per heavy atom. The first-order valence-electron chi connectivity index (χ1n) is 2.59. The first-order chi connectivity index (χ1) is 3.80. The lowest BCUT2D eigenvalue weighted by atomic mass is 10.1. The molecule has 0 amide bonds. The fourth-order valence-electron chi connectivity index (χ4n) is 0.546. The summed E-state index contributed by atoms with van der Waals surface area (Å²) >= 11 is 0. The number of benzene rings is 1. The third-order valence-electron chi connectivity index (χ3n) is 1.19. The van der Waals surface area contributed by atoms with Gasteiger partial charge in [0.1, 0.15) is 0 Å². The standard InChI is InChI=1S/C8H8/c1-7-5-3-4-6-8(7)2/h3,5-6H,1H2,2H3. The minimum atomic E-state index is 1.09. The topological polar surface area (TPSA) is 0 Å². The first-order valence-corrected chi connectivity index (χ1v) is 2.59. The Balaban J connectivity index is 3.13. The molecule has 0 heterocycles. The van der Waals surface area contributed by atoms with E-state index in [1.807, 2.05) is 25.1 Å². The zero-order chi connectivity index (χ0) is 5.98. The van der Waals surface area contributed by atoms with Crippen LogP contribution in [0.5, 0.6) is 0 Å². The van der Waals surface area contributed by atoms with Gasteiger partial charge >= 0.3 is 0 Å². The van der Waals surface area contributed by atoms with E-state index in [0.29, 0.717) is 0 Å².